The van der Waals surface area contributed by atoms with Gasteiger partial charge in [0.1, 0.15) is 17.4 Å². The van der Waals surface area contributed by atoms with Gasteiger partial charge in [-0.1, -0.05) is 13.0 Å². The fraction of sp³-hybridized carbons (Fsp3) is 0.273. The number of benzene rings is 1. The van der Waals surface area contributed by atoms with E-state index < -0.39 is 5.97 Å². The first-order valence-corrected chi connectivity index (χ1v) is 4.49. The molecule has 0 atom stereocenters. The highest BCUT2D eigenvalue weighted by Gasteiger charge is 2.19. The number of nitriles is 1. The number of hydrogen-bond acceptors (Lipinski definition) is 3. The maximum atomic E-state index is 11.0. The van der Waals surface area contributed by atoms with E-state index in [2.05, 4.69) is 0 Å². The summed E-state index contributed by atoms with van der Waals surface area (Å²) in [5.74, 6) is -0.859. The summed E-state index contributed by atoms with van der Waals surface area (Å²) in [6.45, 7) is 1.90. The van der Waals surface area contributed by atoms with E-state index in [9.17, 15) is 4.79 Å². The summed E-state index contributed by atoms with van der Waals surface area (Å²) in [5, 5.41) is 17.8. The molecule has 1 rings (SSSR count). The Bertz CT molecular complexity index is 432. The topological polar surface area (TPSA) is 70.3 Å². The van der Waals surface area contributed by atoms with E-state index >= 15 is 0 Å². The fourth-order valence-electron chi connectivity index (χ4n) is 1.44. The number of aromatic carboxylic acids is 1. The summed E-state index contributed by atoms with van der Waals surface area (Å²) in [4.78, 5) is 11.0. The molecule has 4 heteroatoms. The lowest BCUT2D eigenvalue weighted by molar-refractivity contribution is 0.0693. The molecule has 0 radical (unpaired) electrons. The van der Waals surface area contributed by atoms with E-state index in [0.717, 1.165) is 5.56 Å². The quantitative estimate of drug-likeness (QED) is 0.817. The molecule has 15 heavy (non-hydrogen) atoms. The molecule has 0 saturated carbocycles. The van der Waals surface area contributed by atoms with Crippen LogP contribution in [0.4, 0.5) is 0 Å². The third kappa shape index (κ3) is 1.91. The number of rotatable bonds is 3. The fourth-order valence-corrected chi connectivity index (χ4v) is 1.44. The lowest BCUT2D eigenvalue weighted by atomic mass is 10.0. The molecule has 4 nitrogen and oxygen atoms in total. The molecule has 1 N–H and O–H groups in total. The predicted molar refractivity (Wildman–Crippen MR) is 54.0 cm³/mol. The van der Waals surface area contributed by atoms with E-state index in [-0.39, 0.29) is 16.9 Å². The van der Waals surface area contributed by atoms with Crippen LogP contribution in [-0.2, 0) is 6.42 Å². The average Bonchev–Trinajstić information content (AvgIpc) is 2.26. The van der Waals surface area contributed by atoms with Crippen LogP contribution in [0, 0.1) is 11.3 Å². The summed E-state index contributed by atoms with van der Waals surface area (Å²) in [6, 6.07) is 5.06. The third-order valence-electron chi connectivity index (χ3n) is 2.16. The molecule has 1 aromatic carbocycles. The number of hydrogen-bond donors (Lipinski definition) is 1. The minimum absolute atomic E-state index is 0.0562. The van der Waals surface area contributed by atoms with E-state index in [1.54, 1.807) is 6.07 Å². The maximum absolute atomic E-state index is 11.0. The van der Waals surface area contributed by atoms with E-state index in [4.69, 9.17) is 15.1 Å². The average molecular weight is 205 g/mol. The van der Waals surface area contributed by atoms with Crippen molar-refractivity contribution in [1.29, 1.82) is 5.26 Å². The van der Waals surface area contributed by atoms with Crippen molar-refractivity contribution in [2.24, 2.45) is 0 Å². The molecule has 0 aromatic heterocycles. The number of nitrogens with zero attached hydrogens (tertiary/aromatic N) is 1. The largest absolute Gasteiger partial charge is 0.496 e. The monoisotopic (exact) mass is 205 g/mol. The Hall–Kier alpha value is -2.02. The number of aryl methyl sites for hydroxylation is 1. The SMILES string of the molecule is CCc1ccc(C#N)c(C(=O)O)c1OC. The summed E-state index contributed by atoms with van der Waals surface area (Å²) in [7, 11) is 1.40. The van der Waals surface area contributed by atoms with Crippen molar-refractivity contribution in [1.82, 2.24) is 0 Å². The van der Waals surface area contributed by atoms with Crippen LogP contribution in [0.25, 0.3) is 0 Å². The second-order valence-electron chi connectivity index (χ2n) is 2.95. The third-order valence-corrected chi connectivity index (χ3v) is 2.16. The van der Waals surface area contributed by atoms with Gasteiger partial charge in [-0.15, -0.1) is 0 Å². The van der Waals surface area contributed by atoms with Crippen molar-refractivity contribution in [2.45, 2.75) is 13.3 Å². The molecule has 0 aliphatic carbocycles. The molecule has 78 valence electrons. The minimum atomic E-state index is -1.14. The van der Waals surface area contributed by atoms with Crippen LogP contribution in [0.5, 0.6) is 5.75 Å². The summed E-state index contributed by atoms with van der Waals surface area (Å²) in [6.07, 6.45) is 0.662. The van der Waals surface area contributed by atoms with Crippen LogP contribution in [-0.4, -0.2) is 18.2 Å². The van der Waals surface area contributed by atoms with Crippen LogP contribution in [0.2, 0.25) is 0 Å². The van der Waals surface area contributed by atoms with Crippen LogP contribution in [0.3, 0.4) is 0 Å². The Morgan fingerprint density at radius 3 is 2.67 bits per heavy atom. The van der Waals surface area contributed by atoms with Gasteiger partial charge in [0.2, 0.25) is 0 Å². The molecule has 0 unspecified atom stereocenters. The lowest BCUT2D eigenvalue weighted by Gasteiger charge is -2.10. The molecule has 0 spiro atoms. The Balaban J connectivity index is 3.53. The van der Waals surface area contributed by atoms with Gasteiger partial charge in [0.25, 0.3) is 0 Å². The first-order chi connectivity index (χ1) is 7.15. The highest BCUT2D eigenvalue weighted by molar-refractivity contribution is 5.94. The Labute approximate surface area is 87.7 Å². The second kappa shape index (κ2) is 4.47. The molecule has 0 aliphatic heterocycles. The van der Waals surface area contributed by atoms with E-state index in [1.165, 1.54) is 13.2 Å². The van der Waals surface area contributed by atoms with Crippen molar-refractivity contribution in [3.8, 4) is 11.8 Å². The molecule has 0 amide bonds. The smallest absolute Gasteiger partial charge is 0.340 e. The lowest BCUT2D eigenvalue weighted by Crippen LogP contribution is -2.06. The molecule has 1 aromatic rings. The summed E-state index contributed by atoms with van der Waals surface area (Å²) in [5.41, 5.74) is 0.852. The van der Waals surface area contributed by atoms with E-state index in [1.807, 2.05) is 13.0 Å². The molecule has 0 aliphatic rings. The Morgan fingerprint density at radius 1 is 1.60 bits per heavy atom. The normalized spacial score (nSPS) is 9.40. The number of carbonyl (C=O) groups is 1. The molecular weight excluding hydrogens is 194 g/mol. The van der Waals surface area contributed by atoms with Crippen LogP contribution >= 0.6 is 0 Å². The standard InChI is InChI=1S/C11H11NO3/c1-3-7-4-5-8(6-12)9(11(13)14)10(7)15-2/h4-5H,3H2,1-2H3,(H,13,14). The first-order valence-electron chi connectivity index (χ1n) is 4.49. The zero-order valence-electron chi connectivity index (χ0n) is 8.57. The zero-order chi connectivity index (χ0) is 11.4. The van der Waals surface area contributed by atoms with Gasteiger partial charge < -0.3 is 9.84 Å². The zero-order valence-corrected chi connectivity index (χ0v) is 8.57. The second-order valence-corrected chi connectivity index (χ2v) is 2.95. The van der Waals surface area contributed by atoms with Gasteiger partial charge in [-0.25, -0.2) is 4.79 Å². The van der Waals surface area contributed by atoms with Crippen LogP contribution in [0.15, 0.2) is 12.1 Å². The van der Waals surface area contributed by atoms with Gasteiger partial charge in [-0.3, -0.25) is 0 Å². The number of ether oxygens (including phenoxy) is 1. The van der Waals surface area contributed by atoms with Gasteiger partial charge in [-0.05, 0) is 18.1 Å². The summed E-state index contributed by atoms with van der Waals surface area (Å²) >= 11 is 0. The molecular formula is C11H11NO3. The van der Waals surface area contributed by atoms with Crippen molar-refractivity contribution in [3.05, 3.63) is 28.8 Å². The van der Waals surface area contributed by atoms with Crippen molar-refractivity contribution >= 4 is 5.97 Å². The summed E-state index contributed by atoms with van der Waals surface area (Å²) < 4.78 is 5.04. The number of methoxy groups -OCH3 is 1. The highest BCUT2D eigenvalue weighted by atomic mass is 16.5. The van der Waals surface area contributed by atoms with Crippen molar-refractivity contribution in [2.75, 3.05) is 7.11 Å². The van der Waals surface area contributed by atoms with Crippen LogP contribution < -0.4 is 4.74 Å². The number of carboxylic acid groups (broad SMARTS) is 1. The Kier molecular flexibility index (Phi) is 3.29. The molecule has 0 saturated heterocycles. The first kappa shape index (κ1) is 11.1. The number of carboxylic acids is 1. The van der Waals surface area contributed by atoms with Gasteiger partial charge in [-0.2, -0.15) is 5.26 Å². The molecule has 0 bridgehead atoms. The molecule has 0 heterocycles. The Morgan fingerprint density at radius 2 is 2.27 bits per heavy atom. The van der Waals surface area contributed by atoms with Crippen LogP contribution in [0.1, 0.15) is 28.4 Å². The minimum Gasteiger partial charge on any atom is -0.496 e. The molecule has 0 fully saturated rings. The van der Waals surface area contributed by atoms with Gasteiger partial charge in [0.15, 0.2) is 0 Å². The van der Waals surface area contributed by atoms with Gasteiger partial charge in [0.05, 0.1) is 12.7 Å². The maximum Gasteiger partial charge on any atom is 0.340 e. The predicted octanol–water partition coefficient (Wildman–Crippen LogP) is 1.83. The van der Waals surface area contributed by atoms with Crippen molar-refractivity contribution < 1.29 is 14.6 Å². The van der Waals surface area contributed by atoms with E-state index in [0.29, 0.717) is 6.42 Å². The highest BCUT2D eigenvalue weighted by Crippen LogP contribution is 2.27. The van der Waals surface area contributed by atoms with Gasteiger partial charge >= 0.3 is 5.97 Å². The van der Waals surface area contributed by atoms with Gasteiger partial charge in [0, 0.05) is 0 Å². The van der Waals surface area contributed by atoms with Crippen molar-refractivity contribution in [3.63, 3.8) is 0 Å².